The summed E-state index contributed by atoms with van der Waals surface area (Å²) in [6, 6.07) is 31.0. The minimum absolute atomic E-state index is 0.109. The molecule has 3 aromatic carbocycles. The van der Waals surface area contributed by atoms with Crippen LogP contribution in [0, 0.1) is 5.41 Å². The van der Waals surface area contributed by atoms with Gasteiger partial charge in [0.15, 0.2) is 8.07 Å². The number of allylic oxidation sites excluding steroid dienone is 4. The largest absolute Gasteiger partial charge is 0.176 e. The van der Waals surface area contributed by atoms with Gasteiger partial charge >= 0.3 is 0 Å². The first-order chi connectivity index (χ1) is 17.4. The third kappa shape index (κ3) is 5.37. The average Bonchev–Trinajstić information content (AvgIpc) is 3.40. The molecule has 0 aromatic heterocycles. The van der Waals surface area contributed by atoms with Gasteiger partial charge in [0.25, 0.3) is 0 Å². The number of benzene rings is 3. The van der Waals surface area contributed by atoms with E-state index in [1.807, 2.05) is 0 Å². The second-order valence-corrected chi connectivity index (χ2v) is 15.3. The van der Waals surface area contributed by atoms with Gasteiger partial charge < -0.3 is 0 Å². The van der Waals surface area contributed by atoms with E-state index >= 15 is 0 Å². The topological polar surface area (TPSA) is 0 Å². The molecule has 3 aromatic rings. The van der Waals surface area contributed by atoms with Gasteiger partial charge in [-0.2, -0.15) is 0 Å². The van der Waals surface area contributed by atoms with Gasteiger partial charge in [0.2, 0.25) is 0 Å². The van der Waals surface area contributed by atoms with Gasteiger partial charge in [0.05, 0.1) is 0 Å². The summed E-state index contributed by atoms with van der Waals surface area (Å²) >= 11 is 0. The van der Waals surface area contributed by atoms with E-state index in [4.69, 9.17) is 0 Å². The molecule has 0 unspecified atom stereocenters. The fourth-order valence-electron chi connectivity index (χ4n) is 5.88. The van der Waals surface area contributed by atoms with E-state index in [-0.39, 0.29) is 5.41 Å². The standard InChI is InChI=1S/C35H44Si/c1-6-8-14-28-20-24-31(25-21-28)36(30-16-11-10-12-17-30,34-19-13-18-33(34)35(3,4)5)32-26-22-29(23-27-32)15-9-7-2/h10-13,16-18,20-27H,6-9,14-15,19H2,1-5H3. The van der Waals surface area contributed by atoms with Crippen LogP contribution in [-0.4, -0.2) is 8.07 Å². The van der Waals surface area contributed by atoms with Gasteiger partial charge in [0, 0.05) is 0 Å². The van der Waals surface area contributed by atoms with E-state index in [0.717, 1.165) is 6.42 Å². The van der Waals surface area contributed by atoms with Gasteiger partial charge in [-0.15, -0.1) is 0 Å². The van der Waals surface area contributed by atoms with Crippen LogP contribution in [0.1, 0.15) is 77.8 Å². The van der Waals surface area contributed by atoms with Crippen LogP contribution in [0.5, 0.6) is 0 Å². The predicted octanol–water partition coefficient (Wildman–Crippen LogP) is 7.68. The Bertz CT molecular complexity index is 1120. The van der Waals surface area contributed by atoms with Crippen LogP contribution in [0.3, 0.4) is 0 Å². The quantitative estimate of drug-likeness (QED) is 0.201. The SMILES string of the molecule is CCCCc1ccc([Si](C2=C(C(C)(C)C)C=CC2)(c2ccccc2)c2ccc(CCCC)cc2)cc1. The molecule has 0 fully saturated rings. The summed E-state index contributed by atoms with van der Waals surface area (Å²) in [5.74, 6) is 0. The minimum atomic E-state index is -2.45. The van der Waals surface area contributed by atoms with Crippen molar-refractivity contribution >= 4 is 23.6 Å². The Morgan fingerprint density at radius 3 is 1.56 bits per heavy atom. The average molecular weight is 493 g/mol. The predicted molar refractivity (Wildman–Crippen MR) is 161 cm³/mol. The Labute approximate surface area is 221 Å². The highest BCUT2D eigenvalue weighted by molar-refractivity contribution is 7.16. The van der Waals surface area contributed by atoms with Crippen LogP contribution >= 0.6 is 0 Å². The summed E-state index contributed by atoms with van der Waals surface area (Å²) in [6.07, 6.45) is 13.2. The Balaban J connectivity index is 1.99. The molecule has 1 aliphatic carbocycles. The second-order valence-electron chi connectivity index (χ2n) is 11.5. The molecule has 0 heterocycles. The van der Waals surface area contributed by atoms with Crippen LogP contribution in [0.4, 0.5) is 0 Å². The van der Waals surface area contributed by atoms with Crippen molar-refractivity contribution in [1.29, 1.82) is 0 Å². The third-order valence-electron chi connectivity index (χ3n) is 7.81. The van der Waals surface area contributed by atoms with Crippen LogP contribution < -0.4 is 15.6 Å². The van der Waals surface area contributed by atoms with Crippen LogP contribution in [-0.2, 0) is 12.8 Å². The Morgan fingerprint density at radius 1 is 0.639 bits per heavy atom. The maximum Gasteiger partial charge on any atom is 0.176 e. The lowest BCUT2D eigenvalue weighted by Crippen LogP contribution is -2.69. The van der Waals surface area contributed by atoms with Crippen molar-refractivity contribution in [2.45, 2.75) is 79.6 Å². The third-order valence-corrected chi connectivity index (χ3v) is 12.8. The molecule has 0 atom stereocenters. The molecule has 4 rings (SSSR count). The van der Waals surface area contributed by atoms with Gasteiger partial charge in [-0.05, 0) is 69.8 Å². The molecule has 1 aliphatic rings. The Morgan fingerprint density at radius 2 is 1.11 bits per heavy atom. The first kappa shape index (κ1) is 26.4. The highest BCUT2D eigenvalue weighted by atomic mass is 28.3. The summed E-state index contributed by atoms with van der Waals surface area (Å²) in [5.41, 5.74) is 4.56. The Kier molecular flexibility index (Phi) is 8.52. The molecule has 0 saturated heterocycles. The first-order valence-corrected chi connectivity index (χ1v) is 16.1. The van der Waals surface area contributed by atoms with Crippen molar-refractivity contribution in [2.75, 3.05) is 0 Å². The number of hydrogen-bond acceptors (Lipinski definition) is 0. The van der Waals surface area contributed by atoms with E-state index in [1.165, 1.54) is 70.8 Å². The lowest BCUT2D eigenvalue weighted by atomic mass is 9.87. The molecule has 0 aliphatic heterocycles. The zero-order chi connectivity index (χ0) is 25.6. The highest BCUT2D eigenvalue weighted by Crippen LogP contribution is 2.38. The molecule has 1 heteroatoms. The maximum atomic E-state index is 2.47. The molecule has 0 N–H and O–H groups in total. The number of rotatable bonds is 10. The molecule has 0 saturated carbocycles. The summed E-state index contributed by atoms with van der Waals surface area (Å²) in [4.78, 5) is 0. The van der Waals surface area contributed by atoms with Crippen molar-refractivity contribution in [3.8, 4) is 0 Å². The van der Waals surface area contributed by atoms with E-state index in [9.17, 15) is 0 Å². The molecular weight excluding hydrogens is 448 g/mol. The molecule has 188 valence electrons. The summed E-state index contributed by atoms with van der Waals surface area (Å²) in [7, 11) is -2.45. The summed E-state index contributed by atoms with van der Waals surface area (Å²) in [5, 5.41) is 6.17. The monoisotopic (exact) mass is 492 g/mol. The van der Waals surface area contributed by atoms with Crippen molar-refractivity contribution in [3.63, 3.8) is 0 Å². The Hall–Kier alpha value is -2.64. The van der Waals surface area contributed by atoms with Gasteiger partial charge in [-0.25, -0.2) is 0 Å². The van der Waals surface area contributed by atoms with E-state index in [2.05, 4.69) is 126 Å². The summed E-state index contributed by atoms with van der Waals surface area (Å²) < 4.78 is 0. The van der Waals surface area contributed by atoms with Crippen molar-refractivity contribution in [1.82, 2.24) is 0 Å². The summed E-state index contributed by atoms with van der Waals surface area (Å²) in [6.45, 7) is 11.7. The van der Waals surface area contributed by atoms with Gasteiger partial charge in [-0.1, -0.05) is 144 Å². The fourth-order valence-corrected chi connectivity index (χ4v) is 11.2. The van der Waals surface area contributed by atoms with E-state index in [0.29, 0.717) is 0 Å². The lowest BCUT2D eigenvalue weighted by Gasteiger charge is -2.38. The molecule has 0 spiro atoms. The maximum absolute atomic E-state index is 2.47. The van der Waals surface area contributed by atoms with Crippen LogP contribution in [0.15, 0.2) is 102 Å². The van der Waals surface area contributed by atoms with Crippen LogP contribution in [0.25, 0.3) is 0 Å². The van der Waals surface area contributed by atoms with E-state index in [1.54, 1.807) is 5.20 Å². The molecule has 0 radical (unpaired) electrons. The van der Waals surface area contributed by atoms with Gasteiger partial charge in [0.1, 0.15) is 0 Å². The zero-order valence-electron chi connectivity index (χ0n) is 23.1. The smallest absolute Gasteiger partial charge is 0.0805 e. The number of unbranched alkanes of at least 4 members (excludes halogenated alkanes) is 2. The normalized spacial score (nSPS) is 14.0. The van der Waals surface area contributed by atoms with Crippen LogP contribution in [0.2, 0.25) is 0 Å². The zero-order valence-corrected chi connectivity index (χ0v) is 24.1. The van der Waals surface area contributed by atoms with Crippen molar-refractivity contribution < 1.29 is 0 Å². The second kappa shape index (κ2) is 11.6. The van der Waals surface area contributed by atoms with Crippen molar-refractivity contribution in [2.24, 2.45) is 5.41 Å². The lowest BCUT2D eigenvalue weighted by molar-refractivity contribution is 0.516. The first-order valence-electron chi connectivity index (χ1n) is 14.1. The van der Waals surface area contributed by atoms with Crippen molar-refractivity contribution in [3.05, 3.63) is 113 Å². The molecule has 0 bridgehead atoms. The molecule has 0 amide bonds. The fraction of sp³-hybridized carbons (Fsp3) is 0.371. The molecular formula is C35H44Si. The molecule has 0 nitrogen and oxygen atoms in total. The van der Waals surface area contributed by atoms with E-state index < -0.39 is 8.07 Å². The minimum Gasteiger partial charge on any atom is -0.0805 e. The number of aryl methyl sites for hydroxylation is 2. The highest BCUT2D eigenvalue weighted by Gasteiger charge is 2.45. The van der Waals surface area contributed by atoms with Gasteiger partial charge in [-0.3, -0.25) is 0 Å². The number of hydrogen-bond donors (Lipinski definition) is 0. The molecule has 36 heavy (non-hydrogen) atoms.